The molecule has 4 heteroatoms. The fourth-order valence-corrected chi connectivity index (χ4v) is 2.19. The molecular weight excluding hydrogens is 202 g/mol. The minimum Gasteiger partial charge on any atom is -0.355 e. The molecule has 1 rings (SSSR count). The van der Waals surface area contributed by atoms with Gasteiger partial charge in [0.25, 0.3) is 0 Å². The van der Waals surface area contributed by atoms with Crippen LogP contribution in [0.1, 0.15) is 38.5 Å². The van der Waals surface area contributed by atoms with Crippen molar-refractivity contribution in [3.63, 3.8) is 0 Å². The molecule has 0 spiro atoms. The van der Waals surface area contributed by atoms with Crippen molar-refractivity contribution in [1.82, 2.24) is 10.6 Å². The summed E-state index contributed by atoms with van der Waals surface area (Å²) in [4.78, 5) is 11.8. The summed E-state index contributed by atoms with van der Waals surface area (Å²) in [6, 6.07) is 0. The molecule has 1 amide bonds. The van der Waals surface area contributed by atoms with Crippen molar-refractivity contribution in [1.29, 1.82) is 0 Å². The SMILES string of the molecule is NCCNCCNC(=O)C1CCCCCC1. The van der Waals surface area contributed by atoms with E-state index in [1.54, 1.807) is 0 Å². The molecule has 0 bridgehead atoms. The maximum absolute atomic E-state index is 11.8. The predicted octanol–water partition coefficient (Wildman–Crippen LogP) is 0.621. The number of nitrogens with two attached hydrogens (primary N) is 1. The molecule has 0 unspecified atom stereocenters. The van der Waals surface area contributed by atoms with Crippen LogP contribution in [0, 0.1) is 5.92 Å². The molecule has 0 heterocycles. The molecule has 0 aromatic rings. The number of hydrogen-bond acceptors (Lipinski definition) is 3. The zero-order chi connectivity index (χ0) is 11.6. The molecule has 16 heavy (non-hydrogen) atoms. The van der Waals surface area contributed by atoms with Crippen LogP contribution in [-0.4, -0.2) is 32.1 Å². The summed E-state index contributed by atoms with van der Waals surface area (Å²) in [6.45, 7) is 3.00. The molecule has 1 fully saturated rings. The lowest BCUT2D eigenvalue weighted by Gasteiger charge is -2.14. The molecule has 0 aromatic carbocycles. The monoisotopic (exact) mass is 227 g/mol. The molecule has 1 saturated carbocycles. The van der Waals surface area contributed by atoms with E-state index in [0.29, 0.717) is 6.54 Å². The van der Waals surface area contributed by atoms with Crippen LogP contribution in [0.15, 0.2) is 0 Å². The lowest BCUT2D eigenvalue weighted by Crippen LogP contribution is -2.36. The molecule has 94 valence electrons. The highest BCUT2D eigenvalue weighted by Gasteiger charge is 2.19. The lowest BCUT2D eigenvalue weighted by molar-refractivity contribution is -0.125. The summed E-state index contributed by atoms with van der Waals surface area (Å²) in [5.74, 6) is 0.508. The summed E-state index contributed by atoms with van der Waals surface area (Å²) >= 11 is 0. The molecule has 0 atom stereocenters. The first kappa shape index (κ1) is 13.5. The fraction of sp³-hybridized carbons (Fsp3) is 0.917. The van der Waals surface area contributed by atoms with Gasteiger partial charge in [-0.05, 0) is 12.8 Å². The Morgan fingerprint density at radius 1 is 1.06 bits per heavy atom. The number of nitrogens with one attached hydrogen (secondary N) is 2. The minimum atomic E-state index is 0.247. The lowest BCUT2D eigenvalue weighted by atomic mass is 9.99. The van der Waals surface area contributed by atoms with Gasteiger partial charge in [0.15, 0.2) is 0 Å². The van der Waals surface area contributed by atoms with Gasteiger partial charge in [0.05, 0.1) is 0 Å². The van der Waals surface area contributed by atoms with E-state index in [2.05, 4.69) is 10.6 Å². The second-order valence-electron chi connectivity index (χ2n) is 4.52. The van der Waals surface area contributed by atoms with Gasteiger partial charge < -0.3 is 16.4 Å². The molecule has 0 radical (unpaired) electrons. The van der Waals surface area contributed by atoms with Crippen LogP contribution in [0.2, 0.25) is 0 Å². The van der Waals surface area contributed by atoms with Gasteiger partial charge in [-0.3, -0.25) is 4.79 Å². The zero-order valence-electron chi connectivity index (χ0n) is 10.1. The third-order valence-corrected chi connectivity index (χ3v) is 3.15. The van der Waals surface area contributed by atoms with Crippen molar-refractivity contribution in [2.75, 3.05) is 26.2 Å². The summed E-state index contributed by atoms with van der Waals surface area (Å²) in [6.07, 6.45) is 7.15. The van der Waals surface area contributed by atoms with E-state index in [1.807, 2.05) is 0 Å². The predicted molar refractivity (Wildman–Crippen MR) is 66.1 cm³/mol. The Balaban J connectivity index is 2.08. The summed E-state index contributed by atoms with van der Waals surface area (Å²) in [7, 11) is 0. The first-order chi connectivity index (χ1) is 7.84. The minimum absolute atomic E-state index is 0.247. The number of rotatable bonds is 6. The van der Waals surface area contributed by atoms with Crippen LogP contribution < -0.4 is 16.4 Å². The largest absolute Gasteiger partial charge is 0.355 e. The Morgan fingerprint density at radius 2 is 1.75 bits per heavy atom. The van der Waals surface area contributed by atoms with E-state index in [4.69, 9.17) is 5.73 Å². The Kier molecular flexibility index (Phi) is 7.17. The third kappa shape index (κ3) is 5.47. The normalized spacial score (nSPS) is 18.1. The summed E-state index contributed by atoms with van der Waals surface area (Å²) in [5.41, 5.74) is 5.35. The van der Waals surface area contributed by atoms with Gasteiger partial charge in [-0.1, -0.05) is 25.7 Å². The molecule has 4 nitrogen and oxygen atoms in total. The molecule has 4 N–H and O–H groups in total. The topological polar surface area (TPSA) is 67.2 Å². The Labute approximate surface area is 98.3 Å². The van der Waals surface area contributed by atoms with Crippen molar-refractivity contribution < 1.29 is 4.79 Å². The van der Waals surface area contributed by atoms with Gasteiger partial charge in [0, 0.05) is 32.1 Å². The Bertz CT molecular complexity index is 189. The highest BCUT2D eigenvalue weighted by Crippen LogP contribution is 2.22. The van der Waals surface area contributed by atoms with Crippen molar-refractivity contribution >= 4 is 5.91 Å². The summed E-state index contributed by atoms with van der Waals surface area (Å²) in [5, 5.41) is 6.16. The number of carbonyl (C=O) groups is 1. The quantitative estimate of drug-likeness (QED) is 0.460. The van der Waals surface area contributed by atoms with E-state index in [-0.39, 0.29) is 11.8 Å². The first-order valence-corrected chi connectivity index (χ1v) is 6.53. The molecule has 0 aliphatic heterocycles. The maximum Gasteiger partial charge on any atom is 0.223 e. The average Bonchev–Trinajstić information content (AvgIpc) is 2.57. The van der Waals surface area contributed by atoms with E-state index >= 15 is 0 Å². The van der Waals surface area contributed by atoms with E-state index in [9.17, 15) is 4.79 Å². The smallest absolute Gasteiger partial charge is 0.223 e. The molecule has 0 aromatic heterocycles. The first-order valence-electron chi connectivity index (χ1n) is 6.53. The molecule has 0 saturated heterocycles. The highest BCUT2D eigenvalue weighted by atomic mass is 16.1. The Morgan fingerprint density at radius 3 is 2.38 bits per heavy atom. The van der Waals surface area contributed by atoms with E-state index < -0.39 is 0 Å². The second kappa shape index (κ2) is 8.53. The van der Waals surface area contributed by atoms with Crippen LogP contribution in [0.4, 0.5) is 0 Å². The third-order valence-electron chi connectivity index (χ3n) is 3.15. The van der Waals surface area contributed by atoms with Gasteiger partial charge in [-0.2, -0.15) is 0 Å². The van der Waals surface area contributed by atoms with Crippen molar-refractivity contribution in [2.24, 2.45) is 11.7 Å². The standard InChI is InChI=1S/C12H25N3O/c13-7-8-14-9-10-15-12(16)11-5-3-1-2-4-6-11/h11,14H,1-10,13H2,(H,15,16). The van der Waals surface area contributed by atoms with E-state index in [1.165, 1.54) is 25.7 Å². The number of carbonyl (C=O) groups excluding carboxylic acids is 1. The molecule has 1 aliphatic rings. The number of amides is 1. The van der Waals surface area contributed by atoms with Gasteiger partial charge in [0.2, 0.25) is 5.91 Å². The number of hydrogen-bond donors (Lipinski definition) is 3. The van der Waals surface area contributed by atoms with Crippen LogP contribution in [0.5, 0.6) is 0 Å². The molecular formula is C12H25N3O. The van der Waals surface area contributed by atoms with Crippen LogP contribution in [-0.2, 0) is 4.79 Å². The van der Waals surface area contributed by atoms with Gasteiger partial charge in [0.1, 0.15) is 0 Å². The van der Waals surface area contributed by atoms with Crippen molar-refractivity contribution in [3.8, 4) is 0 Å². The zero-order valence-corrected chi connectivity index (χ0v) is 10.1. The van der Waals surface area contributed by atoms with Gasteiger partial charge in [-0.15, -0.1) is 0 Å². The van der Waals surface area contributed by atoms with Gasteiger partial charge in [-0.25, -0.2) is 0 Å². The highest BCUT2D eigenvalue weighted by molar-refractivity contribution is 5.78. The average molecular weight is 227 g/mol. The van der Waals surface area contributed by atoms with Crippen LogP contribution in [0.25, 0.3) is 0 Å². The Hall–Kier alpha value is -0.610. The van der Waals surface area contributed by atoms with Crippen LogP contribution >= 0.6 is 0 Å². The fourth-order valence-electron chi connectivity index (χ4n) is 2.19. The molecule has 1 aliphatic carbocycles. The van der Waals surface area contributed by atoms with Crippen molar-refractivity contribution in [3.05, 3.63) is 0 Å². The summed E-state index contributed by atoms with van der Waals surface area (Å²) < 4.78 is 0. The van der Waals surface area contributed by atoms with Gasteiger partial charge >= 0.3 is 0 Å². The van der Waals surface area contributed by atoms with Crippen molar-refractivity contribution in [2.45, 2.75) is 38.5 Å². The van der Waals surface area contributed by atoms with Crippen LogP contribution in [0.3, 0.4) is 0 Å². The second-order valence-corrected chi connectivity index (χ2v) is 4.52. The maximum atomic E-state index is 11.8. The van der Waals surface area contributed by atoms with E-state index in [0.717, 1.165) is 32.5 Å².